The minimum Gasteiger partial charge on any atom is -0.494 e. The highest BCUT2D eigenvalue weighted by atomic mass is 32.2. The maximum absolute atomic E-state index is 5.59. The molecule has 4 nitrogen and oxygen atoms in total. The number of benzene rings is 2. The van der Waals surface area contributed by atoms with Crippen molar-refractivity contribution in [3.63, 3.8) is 0 Å². The summed E-state index contributed by atoms with van der Waals surface area (Å²) < 4.78 is 15.9. The number of ether oxygens (including phenoxy) is 2. The SMILES string of the molecule is CCOc1ccc2nc(SCCCCCCSc3nc4ccc(OCC)cc4s3)sc2c1. The highest BCUT2D eigenvalue weighted by molar-refractivity contribution is 8.01. The highest BCUT2D eigenvalue weighted by Crippen LogP contribution is 2.34. The second-order valence-electron chi connectivity index (χ2n) is 7.20. The number of hydrogen-bond donors (Lipinski definition) is 0. The van der Waals surface area contributed by atoms with Gasteiger partial charge in [-0.1, -0.05) is 36.4 Å². The second-order valence-corrected chi connectivity index (χ2v) is 11.9. The number of thioether (sulfide) groups is 2. The third kappa shape index (κ3) is 6.53. The van der Waals surface area contributed by atoms with Gasteiger partial charge in [0.15, 0.2) is 8.68 Å². The normalized spacial score (nSPS) is 11.4. The van der Waals surface area contributed by atoms with Crippen LogP contribution in [0, 0.1) is 0 Å². The van der Waals surface area contributed by atoms with Crippen molar-refractivity contribution in [3.05, 3.63) is 36.4 Å². The molecular weight excluding hydrogens is 477 g/mol. The van der Waals surface area contributed by atoms with Gasteiger partial charge in [-0.25, -0.2) is 9.97 Å². The van der Waals surface area contributed by atoms with E-state index in [0.29, 0.717) is 13.2 Å². The lowest BCUT2D eigenvalue weighted by molar-refractivity contribution is 0.340. The van der Waals surface area contributed by atoms with E-state index in [1.54, 1.807) is 22.7 Å². The molecule has 0 N–H and O–H groups in total. The summed E-state index contributed by atoms with van der Waals surface area (Å²) in [6.07, 6.45) is 5.00. The zero-order valence-corrected chi connectivity index (χ0v) is 21.7. The van der Waals surface area contributed by atoms with E-state index in [9.17, 15) is 0 Å². The van der Waals surface area contributed by atoms with E-state index in [2.05, 4.69) is 24.3 Å². The van der Waals surface area contributed by atoms with Gasteiger partial charge in [-0.15, -0.1) is 22.7 Å². The Morgan fingerprint density at radius 2 is 1.16 bits per heavy atom. The number of aromatic nitrogens is 2. The van der Waals surface area contributed by atoms with Gasteiger partial charge in [0.25, 0.3) is 0 Å². The summed E-state index contributed by atoms with van der Waals surface area (Å²) in [6, 6.07) is 12.3. The standard InChI is InChI=1S/C24H28N2O2S4/c1-3-27-17-9-11-19-21(15-17)31-23(25-19)29-13-7-5-6-8-14-30-24-26-20-12-10-18(28-4-2)16-22(20)32-24/h9-12,15-16H,3-8,13-14H2,1-2H3. The maximum atomic E-state index is 5.59. The van der Waals surface area contributed by atoms with Crippen LogP contribution in [0.4, 0.5) is 0 Å². The molecular formula is C24H28N2O2S4. The van der Waals surface area contributed by atoms with Crippen molar-refractivity contribution >= 4 is 66.6 Å². The van der Waals surface area contributed by atoms with Gasteiger partial charge in [-0.2, -0.15) is 0 Å². The molecule has 2 heterocycles. The fourth-order valence-corrected chi connectivity index (χ4v) is 7.61. The summed E-state index contributed by atoms with van der Waals surface area (Å²) in [4.78, 5) is 9.47. The molecule has 0 spiro atoms. The van der Waals surface area contributed by atoms with Crippen molar-refractivity contribution in [2.75, 3.05) is 24.7 Å². The van der Waals surface area contributed by atoms with E-state index >= 15 is 0 Å². The van der Waals surface area contributed by atoms with E-state index in [4.69, 9.17) is 19.4 Å². The molecule has 8 heteroatoms. The largest absolute Gasteiger partial charge is 0.494 e. The average molecular weight is 505 g/mol. The number of unbranched alkanes of at least 4 members (excludes halogenated alkanes) is 3. The summed E-state index contributed by atoms with van der Waals surface area (Å²) in [5.74, 6) is 4.12. The van der Waals surface area contributed by atoms with Crippen molar-refractivity contribution in [1.82, 2.24) is 9.97 Å². The first kappa shape index (κ1) is 23.7. The molecule has 0 fully saturated rings. The van der Waals surface area contributed by atoms with E-state index < -0.39 is 0 Å². The highest BCUT2D eigenvalue weighted by Gasteiger charge is 2.07. The van der Waals surface area contributed by atoms with Crippen molar-refractivity contribution in [2.45, 2.75) is 48.2 Å². The lowest BCUT2D eigenvalue weighted by Gasteiger charge is -2.00. The van der Waals surface area contributed by atoms with E-state index in [0.717, 1.165) is 42.7 Å². The third-order valence-corrected chi connectivity index (χ3v) is 9.29. The number of rotatable bonds is 13. The van der Waals surface area contributed by atoms with Crippen LogP contribution in [0.3, 0.4) is 0 Å². The summed E-state index contributed by atoms with van der Waals surface area (Å²) in [5.41, 5.74) is 2.14. The van der Waals surface area contributed by atoms with Gasteiger partial charge in [-0.05, 0) is 63.1 Å². The Morgan fingerprint density at radius 3 is 1.59 bits per heavy atom. The van der Waals surface area contributed by atoms with Crippen LogP contribution in [0.2, 0.25) is 0 Å². The molecule has 2 aromatic heterocycles. The van der Waals surface area contributed by atoms with Crippen LogP contribution < -0.4 is 9.47 Å². The van der Waals surface area contributed by atoms with Gasteiger partial charge in [0.2, 0.25) is 0 Å². The van der Waals surface area contributed by atoms with Gasteiger partial charge in [0.05, 0.1) is 33.6 Å². The number of nitrogens with zero attached hydrogens (tertiary/aromatic N) is 2. The summed E-state index contributed by atoms with van der Waals surface area (Å²) in [5, 5.41) is 0. The molecule has 4 aromatic rings. The lowest BCUT2D eigenvalue weighted by atomic mass is 10.2. The maximum Gasteiger partial charge on any atom is 0.151 e. The van der Waals surface area contributed by atoms with Crippen molar-refractivity contribution in [2.24, 2.45) is 0 Å². The van der Waals surface area contributed by atoms with Crippen LogP contribution in [-0.4, -0.2) is 34.7 Å². The minimum absolute atomic E-state index is 0.695. The van der Waals surface area contributed by atoms with Crippen molar-refractivity contribution < 1.29 is 9.47 Å². The summed E-state index contributed by atoms with van der Waals surface area (Å²) in [6.45, 7) is 5.41. The van der Waals surface area contributed by atoms with Crippen LogP contribution in [0.15, 0.2) is 45.1 Å². The van der Waals surface area contributed by atoms with Gasteiger partial charge >= 0.3 is 0 Å². The zero-order valence-electron chi connectivity index (χ0n) is 18.5. The first-order valence-electron chi connectivity index (χ1n) is 11.1. The summed E-state index contributed by atoms with van der Waals surface area (Å²) >= 11 is 7.29. The molecule has 2 aromatic carbocycles. The predicted octanol–water partition coefficient (Wildman–Crippen LogP) is 8.15. The van der Waals surface area contributed by atoms with Crippen molar-refractivity contribution in [3.8, 4) is 11.5 Å². The lowest BCUT2D eigenvalue weighted by Crippen LogP contribution is -1.89. The molecule has 0 unspecified atom stereocenters. The molecule has 32 heavy (non-hydrogen) atoms. The first-order valence-corrected chi connectivity index (χ1v) is 14.7. The Labute approximate surface area is 206 Å². The Kier molecular flexibility index (Phi) is 8.96. The number of thiazole rings is 2. The van der Waals surface area contributed by atoms with Gasteiger partial charge < -0.3 is 9.47 Å². The topological polar surface area (TPSA) is 44.2 Å². The molecule has 0 atom stereocenters. The third-order valence-electron chi connectivity index (χ3n) is 4.79. The quantitative estimate of drug-likeness (QED) is 0.135. The fraction of sp³-hybridized carbons (Fsp3) is 0.417. The molecule has 0 aliphatic heterocycles. The van der Waals surface area contributed by atoms with Crippen LogP contribution in [0.1, 0.15) is 39.5 Å². The number of hydrogen-bond acceptors (Lipinski definition) is 8. The van der Waals surface area contributed by atoms with Gasteiger partial charge in [0, 0.05) is 11.5 Å². The first-order chi connectivity index (χ1) is 15.7. The molecule has 0 saturated carbocycles. The number of fused-ring (bicyclic) bond motifs is 2. The van der Waals surface area contributed by atoms with E-state index in [1.807, 2.05) is 49.5 Å². The fourth-order valence-electron chi connectivity index (χ4n) is 3.28. The smallest absolute Gasteiger partial charge is 0.151 e. The Bertz CT molecular complexity index is 1050. The zero-order chi connectivity index (χ0) is 22.2. The van der Waals surface area contributed by atoms with Crippen LogP contribution in [-0.2, 0) is 0 Å². The van der Waals surface area contributed by atoms with Crippen LogP contribution >= 0.6 is 46.2 Å². The second kappa shape index (κ2) is 12.1. The van der Waals surface area contributed by atoms with E-state index in [1.165, 1.54) is 35.1 Å². The molecule has 0 saturated heterocycles. The Morgan fingerprint density at radius 1 is 0.688 bits per heavy atom. The minimum atomic E-state index is 0.695. The molecule has 0 aliphatic carbocycles. The summed E-state index contributed by atoms with van der Waals surface area (Å²) in [7, 11) is 0. The molecule has 170 valence electrons. The van der Waals surface area contributed by atoms with Gasteiger partial charge in [0.1, 0.15) is 11.5 Å². The Hall–Kier alpha value is -1.48. The predicted molar refractivity (Wildman–Crippen MR) is 141 cm³/mol. The van der Waals surface area contributed by atoms with Crippen LogP contribution in [0.5, 0.6) is 11.5 Å². The Balaban J connectivity index is 1.12. The molecule has 0 radical (unpaired) electrons. The van der Waals surface area contributed by atoms with Gasteiger partial charge in [-0.3, -0.25) is 0 Å². The molecule has 0 amide bonds. The average Bonchev–Trinajstić information content (AvgIpc) is 3.38. The van der Waals surface area contributed by atoms with E-state index in [-0.39, 0.29) is 0 Å². The molecule has 0 aliphatic rings. The molecule has 4 rings (SSSR count). The van der Waals surface area contributed by atoms with Crippen LogP contribution in [0.25, 0.3) is 20.4 Å². The molecule has 0 bridgehead atoms. The monoisotopic (exact) mass is 504 g/mol. The van der Waals surface area contributed by atoms with Crippen molar-refractivity contribution in [1.29, 1.82) is 0 Å².